The van der Waals surface area contributed by atoms with Crippen LogP contribution in [-0.2, 0) is 6.42 Å². The summed E-state index contributed by atoms with van der Waals surface area (Å²) >= 11 is 7.05. The molecule has 3 amide bonds. The van der Waals surface area contributed by atoms with Crippen molar-refractivity contribution >= 4 is 51.4 Å². The van der Waals surface area contributed by atoms with E-state index in [4.69, 9.17) is 11.6 Å². The first-order valence-corrected chi connectivity index (χ1v) is 9.48. The lowest BCUT2D eigenvalue weighted by Gasteiger charge is -2.05. The standard InChI is InChI=1S/C19H17ClN4O2S/c1-2-12-6-8-14(9-7-12)21-17(25)16-11-27-19(23-16)24-18(26)22-15-5-3-4-13(20)10-15/h3-11H,2H2,1H3,(H,21,25)(H2,22,23,24,26). The summed E-state index contributed by atoms with van der Waals surface area (Å²) in [6, 6.07) is 14.0. The zero-order valence-corrected chi connectivity index (χ0v) is 16.0. The predicted octanol–water partition coefficient (Wildman–Crippen LogP) is 5.26. The molecule has 27 heavy (non-hydrogen) atoms. The van der Waals surface area contributed by atoms with E-state index in [0.717, 1.165) is 6.42 Å². The Balaban J connectivity index is 1.58. The van der Waals surface area contributed by atoms with Gasteiger partial charge in [-0.15, -0.1) is 11.3 Å². The minimum atomic E-state index is -0.464. The minimum absolute atomic E-state index is 0.234. The monoisotopic (exact) mass is 400 g/mol. The van der Waals surface area contributed by atoms with Gasteiger partial charge in [0.25, 0.3) is 5.91 Å². The number of hydrogen-bond acceptors (Lipinski definition) is 4. The number of nitrogens with zero attached hydrogens (tertiary/aromatic N) is 1. The number of rotatable bonds is 5. The normalized spacial score (nSPS) is 10.3. The zero-order valence-electron chi connectivity index (χ0n) is 14.5. The van der Waals surface area contributed by atoms with Crippen molar-refractivity contribution in [1.82, 2.24) is 4.98 Å². The fourth-order valence-electron chi connectivity index (χ4n) is 2.28. The molecule has 0 atom stereocenters. The molecule has 6 nitrogen and oxygen atoms in total. The van der Waals surface area contributed by atoms with Crippen LogP contribution in [0.4, 0.5) is 21.3 Å². The molecule has 8 heteroatoms. The molecular weight excluding hydrogens is 384 g/mol. The Morgan fingerprint density at radius 3 is 2.52 bits per heavy atom. The van der Waals surface area contributed by atoms with Crippen molar-refractivity contribution in [3.8, 4) is 0 Å². The van der Waals surface area contributed by atoms with Gasteiger partial charge < -0.3 is 10.6 Å². The number of aryl methyl sites for hydroxylation is 1. The lowest BCUT2D eigenvalue weighted by molar-refractivity contribution is 0.102. The molecule has 0 saturated carbocycles. The van der Waals surface area contributed by atoms with Crippen molar-refractivity contribution in [3.05, 3.63) is 70.2 Å². The van der Waals surface area contributed by atoms with Gasteiger partial charge in [-0.05, 0) is 42.3 Å². The summed E-state index contributed by atoms with van der Waals surface area (Å²) in [5.41, 5.74) is 2.68. The van der Waals surface area contributed by atoms with Gasteiger partial charge in [0.2, 0.25) is 0 Å². The van der Waals surface area contributed by atoms with Gasteiger partial charge in [-0.1, -0.05) is 36.7 Å². The van der Waals surface area contributed by atoms with E-state index < -0.39 is 6.03 Å². The van der Waals surface area contributed by atoms with Gasteiger partial charge >= 0.3 is 6.03 Å². The molecule has 0 spiro atoms. The molecule has 3 rings (SSSR count). The molecule has 0 aliphatic heterocycles. The summed E-state index contributed by atoms with van der Waals surface area (Å²) in [5.74, 6) is -0.334. The van der Waals surface area contributed by atoms with Crippen LogP contribution in [0.3, 0.4) is 0 Å². The highest BCUT2D eigenvalue weighted by molar-refractivity contribution is 7.14. The molecule has 0 unspecified atom stereocenters. The summed E-state index contributed by atoms with van der Waals surface area (Å²) in [6.07, 6.45) is 0.937. The van der Waals surface area contributed by atoms with Gasteiger partial charge in [-0.2, -0.15) is 0 Å². The summed E-state index contributed by atoms with van der Waals surface area (Å²) in [5, 5.41) is 10.5. The van der Waals surface area contributed by atoms with Crippen LogP contribution in [0.2, 0.25) is 5.02 Å². The number of hydrogen-bond donors (Lipinski definition) is 3. The molecule has 3 aromatic rings. The van der Waals surface area contributed by atoms with Gasteiger partial charge in [-0.25, -0.2) is 9.78 Å². The maximum atomic E-state index is 12.3. The maximum absolute atomic E-state index is 12.3. The highest BCUT2D eigenvalue weighted by Gasteiger charge is 2.13. The molecule has 0 aliphatic rings. The van der Waals surface area contributed by atoms with Crippen molar-refractivity contribution in [3.63, 3.8) is 0 Å². The number of anilines is 3. The Morgan fingerprint density at radius 2 is 1.81 bits per heavy atom. The van der Waals surface area contributed by atoms with E-state index in [9.17, 15) is 9.59 Å². The Hall–Kier alpha value is -2.90. The second-order valence-electron chi connectivity index (χ2n) is 5.63. The molecule has 0 aliphatic carbocycles. The Morgan fingerprint density at radius 1 is 1.04 bits per heavy atom. The fourth-order valence-corrected chi connectivity index (χ4v) is 3.16. The smallest absolute Gasteiger partial charge is 0.321 e. The van der Waals surface area contributed by atoms with E-state index in [1.165, 1.54) is 16.9 Å². The number of thiazole rings is 1. The Bertz CT molecular complexity index is 956. The number of nitrogens with one attached hydrogen (secondary N) is 3. The van der Waals surface area contributed by atoms with Gasteiger partial charge in [-0.3, -0.25) is 10.1 Å². The first-order valence-electron chi connectivity index (χ1n) is 8.23. The molecule has 0 radical (unpaired) electrons. The number of benzene rings is 2. The molecular formula is C19H17ClN4O2S. The largest absolute Gasteiger partial charge is 0.325 e. The average Bonchev–Trinajstić information content (AvgIpc) is 3.11. The summed E-state index contributed by atoms with van der Waals surface area (Å²) in [4.78, 5) is 28.5. The van der Waals surface area contributed by atoms with Gasteiger partial charge in [0, 0.05) is 21.8 Å². The Labute approximate surface area is 165 Å². The molecule has 0 saturated heterocycles. The van der Waals surface area contributed by atoms with Crippen LogP contribution in [0, 0.1) is 0 Å². The van der Waals surface area contributed by atoms with Crippen LogP contribution in [0.5, 0.6) is 0 Å². The Kier molecular flexibility index (Phi) is 6.05. The summed E-state index contributed by atoms with van der Waals surface area (Å²) < 4.78 is 0. The van der Waals surface area contributed by atoms with Crippen molar-refractivity contribution in [1.29, 1.82) is 0 Å². The molecule has 3 N–H and O–H groups in total. The van der Waals surface area contributed by atoms with E-state index in [0.29, 0.717) is 21.5 Å². The number of halogens is 1. The van der Waals surface area contributed by atoms with Crippen LogP contribution in [-0.4, -0.2) is 16.9 Å². The minimum Gasteiger partial charge on any atom is -0.321 e. The highest BCUT2D eigenvalue weighted by Crippen LogP contribution is 2.19. The second-order valence-corrected chi connectivity index (χ2v) is 6.93. The number of aromatic nitrogens is 1. The molecule has 1 heterocycles. The number of urea groups is 1. The summed E-state index contributed by atoms with van der Waals surface area (Å²) in [7, 11) is 0. The van der Waals surface area contributed by atoms with Gasteiger partial charge in [0.15, 0.2) is 5.13 Å². The third-order valence-corrected chi connectivity index (χ3v) is 4.65. The average molecular weight is 401 g/mol. The van der Waals surface area contributed by atoms with E-state index in [1.807, 2.05) is 24.3 Å². The first-order chi connectivity index (χ1) is 13.0. The fraction of sp³-hybridized carbons (Fsp3) is 0.105. The molecule has 0 bridgehead atoms. The van der Waals surface area contributed by atoms with E-state index >= 15 is 0 Å². The molecule has 138 valence electrons. The molecule has 0 fully saturated rings. The number of carbonyl (C=O) groups is 2. The van der Waals surface area contributed by atoms with Crippen LogP contribution >= 0.6 is 22.9 Å². The highest BCUT2D eigenvalue weighted by atomic mass is 35.5. The molecule has 2 aromatic carbocycles. The van der Waals surface area contributed by atoms with Crippen molar-refractivity contribution < 1.29 is 9.59 Å². The summed E-state index contributed by atoms with van der Waals surface area (Å²) in [6.45, 7) is 2.07. The van der Waals surface area contributed by atoms with Crippen molar-refractivity contribution in [2.45, 2.75) is 13.3 Å². The SMILES string of the molecule is CCc1ccc(NC(=O)c2csc(NC(=O)Nc3cccc(Cl)c3)n2)cc1. The maximum Gasteiger partial charge on any atom is 0.325 e. The quantitative estimate of drug-likeness (QED) is 0.546. The van der Waals surface area contributed by atoms with E-state index in [1.54, 1.807) is 29.6 Å². The lowest BCUT2D eigenvalue weighted by atomic mass is 10.1. The topological polar surface area (TPSA) is 83.1 Å². The van der Waals surface area contributed by atoms with Crippen LogP contribution < -0.4 is 16.0 Å². The van der Waals surface area contributed by atoms with Crippen LogP contribution in [0.25, 0.3) is 0 Å². The predicted molar refractivity (Wildman–Crippen MR) is 110 cm³/mol. The van der Waals surface area contributed by atoms with Crippen molar-refractivity contribution in [2.75, 3.05) is 16.0 Å². The van der Waals surface area contributed by atoms with Crippen LogP contribution in [0.1, 0.15) is 23.0 Å². The van der Waals surface area contributed by atoms with Gasteiger partial charge in [0.05, 0.1) is 0 Å². The van der Waals surface area contributed by atoms with Gasteiger partial charge in [0.1, 0.15) is 5.69 Å². The molecule has 1 aromatic heterocycles. The number of carbonyl (C=O) groups excluding carboxylic acids is 2. The lowest BCUT2D eigenvalue weighted by Crippen LogP contribution is -2.19. The second kappa shape index (κ2) is 8.66. The van der Waals surface area contributed by atoms with E-state index in [2.05, 4.69) is 27.9 Å². The third-order valence-electron chi connectivity index (χ3n) is 3.66. The van der Waals surface area contributed by atoms with Crippen LogP contribution in [0.15, 0.2) is 53.9 Å². The first kappa shape index (κ1) is 18.9. The van der Waals surface area contributed by atoms with Crippen molar-refractivity contribution in [2.24, 2.45) is 0 Å². The zero-order chi connectivity index (χ0) is 19.2. The van der Waals surface area contributed by atoms with E-state index in [-0.39, 0.29) is 11.6 Å². The third kappa shape index (κ3) is 5.29. The number of amides is 3.